The number of rotatable bonds is 3. The summed E-state index contributed by atoms with van der Waals surface area (Å²) in [4.78, 5) is 0. The van der Waals surface area contributed by atoms with E-state index in [4.69, 9.17) is 10.2 Å². The summed E-state index contributed by atoms with van der Waals surface area (Å²) in [5.41, 5.74) is 6.99. The molecule has 0 bridgehead atoms. The van der Waals surface area contributed by atoms with E-state index in [-0.39, 0.29) is 5.41 Å². The number of aliphatic hydroxyl groups is 1. The molecule has 0 saturated heterocycles. The number of fused-ring (bicyclic) bond motifs is 1. The molecule has 1 aliphatic rings. The molecule has 0 spiro atoms. The predicted molar refractivity (Wildman–Crippen MR) is 84.9 cm³/mol. The Kier molecular flexibility index (Phi) is 3.58. The van der Waals surface area contributed by atoms with Crippen molar-refractivity contribution in [3.8, 4) is 0 Å². The largest absolute Gasteiger partial charge is 0.458 e. The molecule has 1 aliphatic carbocycles. The molecule has 3 rings (SSSR count). The van der Waals surface area contributed by atoms with Crippen LogP contribution in [-0.2, 0) is 0 Å². The van der Waals surface area contributed by atoms with E-state index in [1.54, 1.807) is 0 Å². The molecule has 114 valence electrons. The van der Waals surface area contributed by atoms with Crippen molar-refractivity contribution >= 4 is 11.0 Å². The maximum atomic E-state index is 10.9. The van der Waals surface area contributed by atoms with Crippen LogP contribution in [0.4, 0.5) is 0 Å². The number of hydrogen-bond donors (Lipinski definition) is 2. The Morgan fingerprint density at radius 3 is 2.48 bits per heavy atom. The fourth-order valence-electron chi connectivity index (χ4n) is 3.45. The van der Waals surface area contributed by atoms with E-state index >= 15 is 0 Å². The smallest absolute Gasteiger partial charge is 0.134 e. The lowest BCUT2D eigenvalue weighted by Crippen LogP contribution is -2.41. The van der Waals surface area contributed by atoms with Crippen LogP contribution in [0.15, 0.2) is 34.7 Å². The van der Waals surface area contributed by atoms with Gasteiger partial charge in [0.25, 0.3) is 0 Å². The third kappa shape index (κ3) is 2.60. The summed E-state index contributed by atoms with van der Waals surface area (Å²) in [6.45, 7) is 5.09. The number of nitrogens with two attached hydrogens (primary N) is 1. The lowest BCUT2D eigenvalue weighted by atomic mass is 9.62. The highest BCUT2D eigenvalue weighted by Crippen LogP contribution is 2.51. The lowest BCUT2D eigenvalue weighted by Gasteiger charge is -2.45. The van der Waals surface area contributed by atoms with Gasteiger partial charge in [0.15, 0.2) is 0 Å². The second kappa shape index (κ2) is 5.15. The summed E-state index contributed by atoms with van der Waals surface area (Å²) in [6.07, 6.45) is 3.48. The van der Waals surface area contributed by atoms with Crippen molar-refractivity contribution in [3.63, 3.8) is 0 Å². The third-order valence-electron chi connectivity index (χ3n) is 5.30. The Morgan fingerprint density at radius 2 is 1.86 bits per heavy atom. The second-order valence-electron chi connectivity index (χ2n) is 7.32. The molecule has 3 heteroatoms. The van der Waals surface area contributed by atoms with Crippen molar-refractivity contribution in [2.75, 3.05) is 6.54 Å². The fraction of sp³-hybridized carbons (Fsp3) is 0.556. The van der Waals surface area contributed by atoms with E-state index < -0.39 is 6.10 Å². The van der Waals surface area contributed by atoms with Gasteiger partial charge in [-0.1, -0.05) is 32.0 Å². The minimum atomic E-state index is -0.619. The van der Waals surface area contributed by atoms with E-state index in [1.807, 2.05) is 30.3 Å². The SMILES string of the molecule is CC1(C)CCC(CN)(C(O)c2cc3ccccc3o2)CC1. The standard InChI is InChI=1S/C18H25NO2/c1-17(2)7-9-18(12-19,10-8-17)16(20)15-11-13-5-3-4-6-14(13)21-15/h3-6,11,16,20H,7-10,12,19H2,1-2H3. The first-order chi connectivity index (χ1) is 9.96. The van der Waals surface area contributed by atoms with Crippen LogP contribution < -0.4 is 5.73 Å². The first-order valence-electron chi connectivity index (χ1n) is 7.82. The van der Waals surface area contributed by atoms with Crippen LogP contribution in [0.3, 0.4) is 0 Å². The monoisotopic (exact) mass is 287 g/mol. The van der Waals surface area contributed by atoms with Crippen LogP contribution >= 0.6 is 0 Å². The number of para-hydroxylation sites is 1. The Bertz CT molecular complexity index is 586. The first kappa shape index (κ1) is 14.6. The minimum absolute atomic E-state index is 0.247. The van der Waals surface area contributed by atoms with E-state index in [0.717, 1.165) is 36.7 Å². The van der Waals surface area contributed by atoms with Gasteiger partial charge in [-0.05, 0) is 43.2 Å². The van der Waals surface area contributed by atoms with E-state index in [0.29, 0.717) is 17.7 Å². The minimum Gasteiger partial charge on any atom is -0.458 e. The first-order valence-corrected chi connectivity index (χ1v) is 7.82. The molecule has 1 unspecified atom stereocenters. The maximum Gasteiger partial charge on any atom is 0.134 e. The highest BCUT2D eigenvalue weighted by molar-refractivity contribution is 5.77. The van der Waals surface area contributed by atoms with Crippen molar-refractivity contribution in [3.05, 3.63) is 36.1 Å². The summed E-state index contributed by atoms with van der Waals surface area (Å²) in [7, 11) is 0. The van der Waals surface area contributed by atoms with Gasteiger partial charge in [0.05, 0.1) is 0 Å². The molecule has 0 aliphatic heterocycles. The molecule has 1 heterocycles. The van der Waals surface area contributed by atoms with Gasteiger partial charge >= 0.3 is 0 Å². The molecular formula is C18H25NO2. The molecule has 0 amide bonds. The van der Waals surface area contributed by atoms with Gasteiger partial charge in [-0.3, -0.25) is 0 Å². The van der Waals surface area contributed by atoms with E-state index in [9.17, 15) is 5.11 Å². The fourth-order valence-corrected chi connectivity index (χ4v) is 3.45. The molecular weight excluding hydrogens is 262 g/mol. The van der Waals surface area contributed by atoms with Gasteiger partial charge in [-0.2, -0.15) is 0 Å². The maximum absolute atomic E-state index is 10.9. The zero-order chi connectivity index (χ0) is 15.1. The number of furan rings is 1. The van der Waals surface area contributed by atoms with Gasteiger partial charge in [-0.25, -0.2) is 0 Å². The molecule has 3 nitrogen and oxygen atoms in total. The van der Waals surface area contributed by atoms with Crippen molar-refractivity contribution in [1.29, 1.82) is 0 Å². The highest BCUT2D eigenvalue weighted by atomic mass is 16.4. The molecule has 1 atom stereocenters. The highest BCUT2D eigenvalue weighted by Gasteiger charge is 2.44. The van der Waals surface area contributed by atoms with Crippen LogP contribution in [0.2, 0.25) is 0 Å². The quantitative estimate of drug-likeness (QED) is 0.896. The summed E-state index contributed by atoms with van der Waals surface area (Å²) >= 11 is 0. The van der Waals surface area contributed by atoms with Crippen LogP contribution in [0.1, 0.15) is 51.4 Å². The van der Waals surface area contributed by atoms with Crippen molar-refractivity contribution in [1.82, 2.24) is 0 Å². The van der Waals surface area contributed by atoms with Crippen molar-refractivity contribution in [2.24, 2.45) is 16.6 Å². The van der Waals surface area contributed by atoms with Crippen LogP contribution in [0.5, 0.6) is 0 Å². The van der Waals surface area contributed by atoms with E-state index in [1.165, 1.54) is 0 Å². The molecule has 3 N–H and O–H groups in total. The molecule has 2 aromatic rings. The van der Waals surface area contributed by atoms with Crippen molar-refractivity contribution in [2.45, 2.75) is 45.6 Å². The summed E-state index contributed by atoms with van der Waals surface area (Å²) in [6, 6.07) is 9.83. The van der Waals surface area contributed by atoms with E-state index in [2.05, 4.69) is 13.8 Å². The van der Waals surface area contributed by atoms with Crippen LogP contribution in [0.25, 0.3) is 11.0 Å². The summed E-state index contributed by atoms with van der Waals surface area (Å²) in [5.74, 6) is 0.654. The Balaban J connectivity index is 1.90. The number of aliphatic hydroxyl groups excluding tert-OH is 1. The van der Waals surface area contributed by atoms with Gasteiger partial charge in [0.2, 0.25) is 0 Å². The third-order valence-corrected chi connectivity index (χ3v) is 5.30. The summed E-state index contributed by atoms with van der Waals surface area (Å²) < 4.78 is 5.86. The number of hydrogen-bond acceptors (Lipinski definition) is 3. The van der Waals surface area contributed by atoms with Gasteiger partial charge in [0.1, 0.15) is 17.4 Å². The molecule has 1 aromatic heterocycles. The molecule has 21 heavy (non-hydrogen) atoms. The summed E-state index contributed by atoms with van der Waals surface area (Å²) in [5, 5.41) is 11.9. The molecule has 1 aromatic carbocycles. The van der Waals surface area contributed by atoms with Gasteiger partial charge in [0, 0.05) is 17.3 Å². The average Bonchev–Trinajstić information content (AvgIpc) is 2.91. The molecule has 1 saturated carbocycles. The Morgan fingerprint density at radius 1 is 1.19 bits per heavy atom. The lowest BCUT2D eigenvalue weighted by molar-refractivity contribution is -0.0340. The normalized spacial score (nSPS) is 22.3. The second-order valence-corrected chi connectivity index (χ2v) is 7.32. The zero-order valence-corrected chi connectivity index (χ0v) is 12.9. The molecule has 0 radical (unpaired) electrons. The van der Waals surface area contributed by atoms with Crippen LogP contribution in [-0.4, -0.2) is 11.7 Å². The Labute approximate surface area is 126 Å². The molecule has 1 fully saturated rings. The zero-order valence-electron chi connectivity index (χ0n) is 12.9. The van der Waals surface area contributed by atoms with Gasteiger partial charge < -0.3 is 15.3 Å². The predicted octanol–water partition coefficient (Wildman–Crippen LogP) is 4.01. The average molecular weight is 287 g/mol. The number of benzene rings is 1. The van der Waals surface area contributed by atoms with Crippen molar-refractivity contribution < 1.29 is 9.52 Å². The van der Waals surface area contributed by atoms with Gasteiger partial charge in [-0.15, -0.1) is 0 Å². The Hall–Kier alpha value is -1.32. The van der Waals surface area contributed by atoms with Crippen LogP contribution in [0, 0.1) is 10.8 Å². The topological polar surface area (TPSA) is 59.4 Å².